The average molecular weight is 302 g/mol. The van der Waals surface area contributed by atoms with E-state index < -0.39 is 18.0 Å². The van der Waals surface area contributed by atoms with Gasteiger partial charge in [-0.15, -0.1) is 0 Å². The number of hydrogen-bond donors (Lipinski definition) is 2. The maximum absolute atomic E-state index is 11.9. The lowest BCUT2D eigenvalue weighted by Crippen LogP contribution is -2.36. The molecule has 0 bridgehead atoms. The van der Waals surface area contributed by atoms with Crippen LogP contribution in [0.15, 0.2) is 30.5 Å². The van der Waals surface area contributed by atoms with Crippen LogP contribution in [0.3, 0.4) is 0 Å². The quantitative estimate of drug-likeness (QED) is 0.634. The molecule has 5 nitrogen and oxygen atoms in total. The van der Waals surface area contributed by atoms with E-state index in [0.717, 1.165) is 22.9 Å². The third kappa shape index (κ3) is 3.74. The molecule has 1 unspecified atom stereocenters. The molecule has 1 aromatic carbocycles. The van der Waals surface area contributed by atoms with Gasteiger partial charge in [-0.1, -0.05) is 38.5 Å². The predicted octanol–water partition coefficient (Wildman–Crippen LogP) is 2.54. The van der Waals surface area contributed by atoms with Crippen LogP contribution < -0.4 is 5.73 Å². The summed E-state index contributed by atoms with van der Waals surface area (Å²) in [7, 11) is 0. The lowest BCUT2D eigenvalue weighted by Gasteiger charge is -2.12. The summed E-state index contributed by atoms with van der Waals surface area (Å²) >= 11 is 0. The Hall–Kier alpha value is -2.14. The Morgan fingerprint density at radius 3 is 2.73 bits per heavy atom. The number of hydrogen-bond acceptors (Lipinski definition) is 4. The second-order valence-electron chi connectivity index (χ2n) is 5.60. The standard InChI is InChI=1S/C17H22N2O3/c1-3-6-11(2)16(20)22-17(21)14(18)9-12-10-19-15-8-5-4-7-13(12)15/h4-5,7-8,10-11,14,19H,3,6,9,18H2,1-2H3/t11?,14-/m0/s1. The first kappa shape index (κ1) is 16.2. The zero-order valence-electron chi connectivity index (χ0n) is 13.0. The van der Waals surface area contributed by atoms with E-state index in [1.54, 1.807) is 6.92 Å². The molecule has 0 fully saturated rings. The number of nitrogens with two attached hydrogens (primary N) is 1. The van der Waals surface area contributed by atoms with Crippen molar-refractivity contribution >= 4 is 22.8 Å². The van der Waals surface area contributed by atoms with E-state index in [1.807, 2.05) is 37.4 Å². The number of benzene rings is 1. The molecule has 0 aliphatic carbocycles. The molecule has 3 N–H and O–H groups in total. The SMILES string of the molecule is CCCC(C)C(=O)OC(=O)[C@@H](N)Cc1c[nH]c2ccccc12. The molecule has 22 heavy (non-hydrogen) atoms. The Morgan fingerprint density at radius 1 is 1.27 bits per heavy atom. The van der Waals surface area contributed by atoms with Gasteiger partial charge >= 0.3 is 11.9 Å². The van der Waals surface area contributed by atoms with Crippen LogP contribution in [0, 0.1) is 5.92 Å². The second-order valence-corrected chi connectivity index (χ2v) is 5.60. The molecule has 0 saturated heterocycles. The van der Waals surface area contributed by atoms with Crippen LogP contribution in [0.4, 0.5) is 0 Å². The van der Waals surface area contributed by atoms with Crippen molar-refractivity contribution in [1.82, 2.24) is 4.98 Å². The fourth-order valence-electron chi connectivity index (χ4n) is 2.45. The smallest absolute Gasteiger partial charge is 0.330 e. The van der Waals surface area contributed by atoms with Crippen molar-refractivity contribution in [2.24, 2.45) is 11.7 Å². The maximum Gasteiger partial charge on any atom is 0.330 e. The number of aromatic amines is 1. The van der Waals surface area contributed by atoms with Gasteiger partial charge in [-0.25, -0.2) is 4.79 Å². The summed E-state index contributed by atoms with van der Waals surface area (Å²) in [6, 6.07) is 6.94. The average Bonchev–Trinajstić information content (AvgIpc) is 2.90. The number of carbonyl (C=O) groups excluding carboxylic acids is 2. The Bertz CT molecular complexity index is 663. The third-order valence-electron chi connectivity index (χ3n) is 3.74. The topological polar surface area (TPSA) is 85.2 Å². The summed E-state index contributed by atoms with van der Waals surface area (Å²) in [6.07, 6.45) is 3.73. The second kappa shape index (κ2) is 7.22. The zero-order chi connectivity index (χ0) is 16.1. The van der Waals surface area contributed by atoms with Gasteiger partial charge in [-0.3, -0.25) is 4.79 Å². The molecule has 1 aromatic heterocycles. The van der Waals surface area contributed by atoms with Crippen LogP contribution in [-0.4, -0.2) is 23.0 Å². The first-order valence-electron chi connectivity index (χ1n) is 7.59. The summed E-state index contributed by atoms with van der Waals surface area (Å²) in [4.78, 5) is 26.8. The zero-order valence-corrected chi connectivity index (χ0v) is 13.0. The van der Waals surface area contributed by atoms with Crippen molar-refractivity contribution in [1.29, 1.82) is 0 Å². The number of H-pyrrole nitrogens is 1. The highest BCUT2D eigenvalue weighted by Gasteiger charge is 2.23. The number of fused-ring (bicyclic) bond motifs is 1. The van der Waals surface area contributed by atoms with E-state index in [9.17, 15) is 9.59 Å². The molecule has 118 valence electrons. The monoisotopic (exact) mass is 302 g/mol. The maximum atomic E-state index is 11.9. The van der Waals surface area contributed by atoms with Crippen LogP contribution in [-0.2, 0) is 20.7 Å². The number of aromatic nitrogens is 1. The fraction of sp³-hybridized carbons (Fsp3) is 0.412. The minimum absolute atomic E-state index is 0.283. The first-order chi connectivity index (χ1) is 10.5. The van der Waals surface area contributed by atoms with Crippen molar-refractivity contribution < 1.29 is 14.3 Å². The summed E-state index contributed by atoms with van der Waals surface area (Å²) < 4.78 is 4.87. The lowest BCUT2D eigenvalue weighted by atomic mass is 10.1. The highest BCUT2D eigenvalue weighted by molar-refractivity contribution is 5.90. The van der Waals surface area contributed by atoms with Gasteiger partial charge in [0.15, 0.2) is 0 Å². The van der Waals surface area contributed by atoms with Crippen molar-refractivity contribution in [3.05, 3.63) is 36.0 Å². The van der Waals surface area contributed by atoms with Crippen LogP contribution in [0.2, 0.25) is 0 Å². The Labute approximate surface area is 129 Å². The molecule has 0 radical (unpaired) electrons. The molecule has 0 saturated carbocycles. The van der Waals surface area contributed by atoms with E-state index in [2.05, 4.69) is 4.98 Å². The van der Waals surface area contributed by atoms with Gasteiger partial charge in [0.2, 0.25) is 0 Å². The van der Waals surface area contributed by atoms with E-state index in [1.165, 1.54) is 0 Å². The number of rotatable bonds is 6. The van der Waals surface area contributed by atoms with Crippen molar-refractivity contribution in [2.45, 2.75) is 39.2 Å². The Balaban J connectivity index is 1.98. The first-order valence-corrected chi connectivity index (χ1v) is 7.59. The summed E-state index contributed by atoms with van der Waals surface area (Å²) in [5, 5.41) is 1.02. The minimum atomic E-state index is -0.850. The van der Waals surface area contributed by atoms with Gasteiger partial charge in [-0.2, -0.15) is 0 Å². The predicted molar refractivity (Wildman–Crippen MR) is 85.1 cm³/mol. The third-order valence-corrected chi connectivity index (χ3v) is 3.74. The summed E-state index contributed by atoms with van der Waals surface area (Å²) in [6.45, 7) is 3.73. The van der Waals surface area contributed by atoms with Gasteiger partial charge in [0, 0.05) is 23.5 Å². The van der Waals surface area contributed by atoms with Gasteiger partial charge in [0.05, 0.1) is 5.92 Å². The number of esters is 2. The molecule has 5 heteroatoms. The summed E-state index contributed by atoms with van der Waals surface area (Å²) in [5.74, 6) is -1.45. The Kier molecular flexibility index (Phi) is 5.33. The fourth-order valence-corrected chi connectivity index (χ4v) is 2.45. The molecule has 0 aliphatic heterocycles. The summed E-state index contributed by atoms with van der Waals surface area (Å²) in [5.41, 5.74) is 7.81. The van der Waals surface area contributed by atoms with Crippen LogP contribution in [0.1, 0.15) is 32.3 Å². The van der Waals surface area contributed by atoms with Gasteiger partial charge in [-0.05, 0) is 18.1 Å². The van der Waals surface area contributed by atoms with Crippen LogP contribution in [0.25, 0.3) is 10.9 Å². The van der Waals surface area contributed by atoms with Gasteiger partial charge in [0.25, 0.3) is 0 Å². The van der Waals surface area contributed by atoms with Crippen LogP contribution in [0.5, 0.6) is 0 Å². The highest BCUT2D eigenvalue weighted by atomic mass is 16.6. The number of nitrogens with one attached hydrogen (secondary N) is 1. The molecule has 1 heterocycles. The van der Waals surface area contributed by atoms with Crippen molar-refractivity contribution in [2.75, 3.05) is 0 Å². The highest BCUT2D eigenvalue weighted by Crippen LogP contribution is 2.19. The molecule has 2 rings (SSSR count). The van der Waals surface area contributed by atoms with E-state index in [0.29, 0.717) is 12.8 Å². The molecule has 2 aromatic rings. The molecule has 2 atom stereocenters. The molecular weight excluding hydrogens is 280 g/mol. The van der Waals surface area contributed by atoms with E-state index in [4.69, 9.17) is 10.5 Å². The number of para-hydroxylation sites is 1. The molecule has 0 spiro atoms. The number of ether oxygens (including phenoxy) is 1. The number of carbonyl (C=O) groups is 2. The van der Waals surface area contributed by atoms with Gasteiger partial charge in [0.1, 0.15) is 6.04 Å². The molecule has 0 amide bonds. The normalized spacial score (nSPS) is 13.8. The van der Waals surface area contributed by atoms with Crippen molar-refractivity contribution in [3.8, 4) is 0 Å². The van der Waals surface area contributed by atoms with Crippen LogP contribution >= 0.6 is 0 Å². The van der Waals surface area contributed by atoms with Crippen molar-refractivity contribution in [3.63, 3.8) is 0 Å². The van der Waals surface area contributed by atoms with Gasteiger partial charge < -0.3 is 15.5 Å². The molecular formula is C17H22N2O3. The minimum Gasteiger partial charge on any atom is -0.392 e. The van der Waals surface area contributed by atoms with E-state index in [-0.39, 0.29) is 5.92 Å². The lowest BCUT2D eigenvalue weighted by molar-refractivity contribution is -0.163. The molecule has 0 aliphatic rings. The largest absolute Gasteiger partial charge is 0.392 e. The van der Waals surface area contributed by atoms with E-state index >= 15 is 0 Å². The Morgan fingerprint density at radius 2 is 2.00 bits per heavy atom.